The van der Waals surface area contributed by atoms with Crippen LogP contribution in [0.3, 0.4) is 0 Å². The van der Waals surface area contributed by atoms with Crippen LogP contribution in [-0.2, 0) is 16.0 Å². The highest BCUT2D eigenvalue weighted by atomic mass is 16.5. The normalized spacial score (nSPS) is 14.0. The van der Waals surface area contributed by atoms with E-state index in [0.717, 1.165) is 18.4 Å². The van der Waals surface area contributed by atoms with Gasteiger partial charge < -0.3 is 4.74 Å². The molecule has 118 valence electrons. The Kier molecular flexibility index (Phi) is 6.15. The summed E-state index contributed by atoms with van der Waals surface area (Å²) in [6, 6.07) is 10.1. The summed E-state index contributed by atoms with van der Waals surface area (Å²) >= 11 is 0. The van der Waals surface area contributed by atoms with E-state index in [1.807, 2.05) is 32.0 Å². The van der Waals surface area contributed by atoms with Gasteiger partial charge in [0.25, 0.3) is 0 Å². The number of carbonyl (C=O) groups is 1. The molecule has 0 amide bonds. The van der Waals surface area contributed by atoms with Crippen molar-refractivity contribution in [2.45, 2.75) is 72.5 Å². The summed E-state index contributed by atoms with van der Waals surface area (Å²) in [4.78, 5) is 12.9. The maximum Gasteiger partial charge on any atom is 0.167 e. The van der Waals surface area contributed by atoms with Gasteiger partial charge in [-0.3, -0.25) is 4.79 Å². The lowest BCUT2D eigenvalue weighted by Crippen LogP contribution is -2.42. The molecule has 0 radical (unpaired) electrons. The molecular formula is C19H30O2. The fourth-order valence-corrected chi connectivity index (χ4v) is 2.09. The maximum absolute atomic E-state index is 12.9. The van der Waals surface area contributed by atoms with Crippen molar-refractivity contribution in [3.63, 3.8) is 0 Å². The van der Waals surface area contributed by atoms with E-state index in [4.69, 9.17) is 4.74 Å². The van der Waals surface area contributed by atoms with E-state index in [9.17, 15) is 4.79 Å². The molecule has 0 aliphatic carbocycles. The number of rotatable bonds is 8. The van der Waals surface area contributed by atoms with E-state index in [1.165, 1.54) is 0 Å². The number of hydrogen-bond donors (Lipinski definition) is 0. The van der Waals surface area contributed by atoms with Crippen LogP contribution in [0.5, 0.6) is 0 Å². The standard InChI is InChI=1S/C19H30O2/c1-7-18(3,4)17(20)16(21-19(5,6)8-2)14-15-12-10-9-11-13-15/h9-13,16H,7-8,14H2,1-6H3. The summed E-state index contributed by atoms with van der Waals surface area (Å²) in [5.41, 5.74) is 0.525. The first kappa shape index (κ1) is 17.9. The van der Waals surface area contributed by atoms with Crippen LogP contribution in [-0.4, -0.2) is 17.5 Å². The highest BCUT2D eigenvalue weighted by Crippen LogP contribution is 2.28. The Morgan fingerprint density at radius 2 is 1.62 bits per heavy atom. The minimum absolute atomic E-state index is 0.204. The van der Waals surface area contributed by atoms with Crippen molar-refractivity contribution in [1.82, 2.24) is 0 Å². The van der Waals surface area contributed by atoms with Crippen LogP contribution >= 0.6 is 0 Å². The van der Waals surface area contributed by atoms with Gasteiger partial charge in [0, 0.05) is 11.8 Å². The molecule has 1 aromatic carbocycles. The van der Waals surface area contributed by atoms with Crippen LogP contribution in [0.4, 0.5) is 0 Å². The van der Waals surface area contributed by atoms with Crippen molar-refractivity contribution >= 4 is 5.78 Å². The zero-order chi connectivity index (χ0) is 16.1. The molecule has 0 aliphatic heterocycles. The zero-order valence-corrected chi connectivity index (χ0v) is 14.4. The Balaban J connectivity index is 2.97. The Labute approximate surface area is 129 Å². The average molecular weight is 290 g/mol. The van der Waals surface area contributed by atoms with E-state index >= 15 is 0 Å². The number of ether oxygens (including phenoxy) is 1. The SMILES string of the molecule is CCC(C)(C)OC(Cc1ccccc1)C(=O)C(C)(C)CC. The first-order chi connectivity index (χ1) is 9.72. The second-order valence-electron chi connectivity index (χ2n) is 7.01. The van der Waals surface area contributed by atoms with Crippen LogP contribution in [0, 0.1) is 5.41 Å². The molecule has 1 atom stereocenters. The molecule has 2 heteroatoms. The largest absolute Gasteiger partial charge is 0.364 e. The van der Waals surface area contributed by atoms with Gasteiger partial charge in [-0.05, 0) is 32.3 Å². The molecule has 0 saturated carbocycles. The van der Waals surface area contributed by atoms with Gasteiger partial charge in [0.15, 0.2) is 5.78 Å². The Hall–Kier alpha value is -1.15. The number of benzene rings is 1. The van der Waals surface area contributed by atoms with Crippen LogP contribution in [0.25, 0.3) is 0 Å². The predicted octanol–water partition coefficient (Wildman–Crippen LogP) is 4.81. The molecule has 0 heterocycles. The van der Waals surface area contributed by atoms with E-state index in [2.05, 4.69) is 39.8 Å². The molecular weight excluding hydrogens is 260 g/mol. The van der Waals surface area contributed by atoms with E-state index in [-0.39, 0.29) is 22.9 Å². The van der Waals surface area contributed by atoms with Gasteiger partial charge in [0.2, 0.25) is 0 Å². The summed E-state index contributed by atoms with van der Waals surface area (Å²) in [6.07, 6.45) is 1.98. The van der Waals surface area contributed by atoms with Gasteiger partial charge in [-0.2, -0.15) is 0 Å². The van der Waals surface area contributed by atoms with Gasteiger partial charge in [-0.25, -0.2) is 0 Å². The molecule has 0 fully saturated rings. The molecule has 0 spiro atoms. The lowest BCUT2D eigenvalue weighted by Gasteiger charge is -2.33. The molecule has 1 aromatic rings. The highest BCUT2D eigenvalue weighted by molar-refractivity contribution is 5.88. The van der Waals surface area contributed by atoms with Gasteiger partial charge in [0.1, 0.15) is 6.10 Å². The summed E-state index contributed by atoms with van der Waals surface area (Å²) < 4.78 is 6.19. The molecule has 1 unspecified atom stereocenters. The number of ketones is 1. The Morgan fingerprint density at radius 1 is 1.05 bits per heavy atom. The van der Waals surface area contributed by atoms with Crippen molar-refractivity contribution < 1.29 is 9.53 Å². The number of hydrogen-bond acceptors (Lipinski definition) is 2. The molecule has 2 nitrogen and oxygen atoms in total. The summed E-state index contributed by atoms with van der Waals surface area (Å²) in [5, 5.41) is 0. The predicted molar refractivity (Wildman–Crippen MR) is 88.5 cm³/mol. The quantitative estimate of drug-likeness (QED) is 0.687. The van der Waals surface area contributed by atoms with Crippen LogP contribution in [0.2, 0.25) is 0 Å². The fraction of sp³-hybridized carbons (Fsp3) is 0.632. The van der Waals surface area contributed by atoms with Crippen molar-refractivity contribution in [3.05, 3.63) is 35.9 Å². The molecule has 0 bridgehead atoms. The second kappa shape index (κ2) is 7.22. The third-order valence-electron chi connectivity index (χ3n) is 4.42. The zero-order valence-electron chi connectivity index (χ0n) is 14.4. The van der Waals surface area contributed by atoms with Crippen molar-refractivity contribution in [2.75, 3.05) is 0 Å². The number of Topliss-reactive ketones (excluding diaryl/α,β-unsaturated/α-hetero) is 1. The maximum atomic E-state index is 12.9. The first-order valence-corrected chi connectivity index (χ1v) is 7.98. The van der Waals surface area contributed by atoms with Crippen molar-refractivity contribution in [1.29, 1.82) is 0 Å². The van der Waals surface area contributed by atoms with E-state index in [1.54, 1.807) is 0 Å². The van der Waals surface area contributed by atoms with Crippen LogP contribution < -0.4 is 0 Å². The minimum Gasteiger partial charge on any atom is -0.364 e. The van der Waals surface area contributed by atoms with E-state index < -0.39 is 0 Å². The van der Waals surface area contributed by atoms with Crippen molar-refractivity contribution in [2.24, 2.45) is 5.41 Å². The Morgan fingerprint density at radius 3 is 2.10 bits per heavy atom. The molecule has 0 aliphatic rings. The second-order valence-corrected chi connectivity index (χ2v) is 7.01. The van der Waals surface area contributed by atoms with Crippen LogP contribution in [0.15, 0.2) is 30.3 Å². The Bertz CT molecular complexity index is 446. The molecule has 0 N–H and O–H groups in total. The fourth-order valence-electron chi connectivity index (χ4n) is 2.09. The lowest BCUT2D eigenvalue weighted by molar-refractivity contribution is -0.150. The molecule has 21 heavy (non-hydrogen) atoms. The summed E-state index contributed by atoms with van der Waals surface area (Å²) in [5.74, 6) is 0.204. The third-order valence-corrected chi connectivity index (χ3v) is 4.42. The van der Waals surface area contributed by atoms with E-state index in [0.29, 0.717) is 6.42 Å². The molecule has 1 rings (SSSR count). The first-order valence-electron chi connectivity index (χ1n) is 7.98. The minimum atomic E-state index is -0.378. The topological polar surface area (TPSA) is 26.3 Å². The molecule has 0 aromatic heterocycles. The highest BCUT2D eigenvalue weighted by Gasteiger charge is 2.35. The smallest absolute Gasteiger partial charge is 0.167 e. The summed E-state index contributed by atoms with van der Waals surface area (Å²) in [7, 11) is 0. The molecule has 0 saturated heterocycles. The summed E-state index contributed by atoms with van der Waals surface area (Å²) in [6.45, 7) is 12.3. The van der Waals surface area contributed by atoms with Crippen LogP contribution in [0.1, 0.15) is 59.9 Å². The van der Waals surface area contributed by atoms with Crippen molar-refractivity contribution in [3.8, 4) is 0 Å². The van der Waals surface area contributed by atoms with Gasteiger partial charge in [0.05, 0.1) is 5.60 Å². The lowest BCUT2D eigenvalue weighted by atomic mass is 9.81. The van der Waals surface area contributed by atoms with Gasteiger partial charge in [-0.1, -0.05) is 58.0 Å². The number of carbonyl (C=O) groups excluding carboxylic acids is 1. The average Bonchev–Trinajstić information content (AvgIpc) is 2.46. The van der Waals surface area contributed by atoms with Gasteiger partial charge >= 0.3 is 0 Å². The third kappa shape index (κ3) is 5.28. The van der Waals surface area contributed by atoms with Gasteiger partial charge in [-0.15, -0.1) is 0 Å². The monoisotopic (exact) mass is 290 g/mol.